The number of phenolic OH excluding ortho intramolecular Hbond substituents is 2. The lowest BCUT2D eigenvalue weighted by atomic mass is 9.88. The van der Waals surface area contributed by atoms with Crippen LogP contribution in [0.15, 0.2) is 22.7 Å². The van der Waals surface area contributed by atoms with Gasteiger partial charge in [0.2, 0.25) is 5.82 Å². The third-order valence-corrected chi connectivity index (χ3v) is 2.85. The van der Waals surface area contributed by atoms with Crippen molar-refractivity contribution in [3.8, 4) is 23.0 Å². The highest BCUT2D eigenvalue weighted by Crippen LogP contribution is 2.35. The van der Waals surface area contributed by atoms with Gasteiger partial charge in [-0.3, -0.25) is 0 Å². The first-order valence-corrected chi connectivity index (χ1v) is 6.21. The smallest absolute Gasteiger partial charge is 0.258 e. The van der Waals surface area contributed by atoms with Gasteiger partial charge in [0.15, 0.2) is 0 Å². The lowest BCUT2D eigenvalue weighted by Gasteiger charge is -2.26. The summed E-state index contributed by atoms with van der Waals surface area (Å²) in [4.78, 5) is 4.28. The molecule has 0 aliphatic heterocycles. The molecule has 0 fully saturated rings. The molecule has 0 spiro atoms. The van der Waals surface area contributed by atoms with Crippen LogP contribution in [0.25, 0.3) is 11.5 Å². The molecule has 0 saturated heterocycles. The fourth-order valence-electron chi connectivity index (χ4n) is 2.02. The van der Waals surface area contributed by atoms with Gasteiger partial charge in [-0.2, -0.15) is 4.98 Å². The first kappa shape index (κ1) is 14.3. The number of benzene rings is 1. The maximum atomic E-state index is 9.47. The van der Waals surface area contributed by atoms with Crippen molar-refractivity contribution in [2.75, 3.05) is 7.11 Å². The highest BCUT2D eigenvalue weighted by molar-refractivity contribution is 5.58. The summed E-state index contributed by atoms with van der Waals surface area (Å²) >= 11 is 0. The van der Waals surface area contributed by atoms with Crippen LogP contribution in [-0.2, 0) is 4.74 Å². The van der Waals surface area contributed by atoms with E-state index in [-0.39, 0.29) is 28.9 Å². The Balaban J connectivity index is 2.37. The lowest BCUT2D eigenvalue weighted by Crippen LogP contribution is -2.21. The summed E-state index contributed by atoms with van der Waals surface area (Å²) in [7, 11) is 1.59. The molecule has 0 amide bonds. The molecule has 1 atom stereocenters. The van der Waals surface area contributed by atoms with Crippen LogP contribution < -0.4 is 0 Å². The van der Waals surface area contributed by atoms with Gasteiger partial charge in [0.25, 0.3) is 5.89 Å². The molecule has 2 aromatic rings. The Morgan fingerprint density at radius 2 is 1.75 bits per heavy atom. The van der Waals surface area contributed by atoms with Crippen molar-refractivity contribution in [1.29, 1.82) is 0 Å². The van der Waals surface area contributed by atoms with E-state index in [2.05, 4.69) is 10.1 Å². The van der Waals surface area contributed by atoms with Crippen LogP contribution in [0.2, 0.25) is 0 Å². The molecule has 1 heterocycles. The molecule has 6 nitrogen and oxygen atoms in total. The molecule has 0 aliphatic rings. The molecule has 1 aromatic heterocycles. The fraction of sp³-hybridized carbons (Fsp3) is 0.429. The predicted molar refractivity (Wildman–Crippen MR) is 72.3 cm³/mol. The molecule has 2 rings (SSSR count). The van der Waals surface area contributed by atoms with E-state index >= 15 is 0 Å². The zero-order valence-corrected chi connectivity index (χ0v) is 11.9. The van der Waals surface area contributed by atoms with Crippen LogP contribution in [0.1, 0.15) is 32.7 Å². The molecule has 0 bridgehead atoms. The van der Waals surface area contributed by atoms with Crippen LogP contribution >= 0.6 is 0 Å². The van der Waals surface area contributed by atoms with E-state index in [0.717, 1.165) is 0 Å². The quantitative estimate of drug-likeness (QED) is 0.897. The van der Waals surface area contributed by atoms with E-state index in [4.69, 9.17) is 9.26 Å². The molecule has 0 aliphatic carbocycles. The van der Waals surface area contributed by atoms with Crippen LogP contribution in [-0.4, -0.2) is 27.5 Å². The predicted octanol–water partition coefficient (Wildman–Crippen LogP) is 2.88. The van der Waals surface area contributed by atoms with Gasteiger partial charge in [0.1, 0.15) is 17.6 Å². The van der Waals surface area contributed by atoms with Crippen molar-refractivity contribution < 1.29 is 19.5 Å². The van der Waals surface area contributed by atoms with Gasteiger partial charge < -0.3 is 19.5 Å². The SMILES string of the molecule is COC(c1noc(-c2cc(O)cc(O)c2)n1)C(C)(C)C. The van der Waals surface area contributed by atoms with E-state index in [1.165, 1.54) is 18.2 Å². The number of aromatic nitrogens is 2. The highest BCUT2D eigenvalue weighted by atomic mass is 16.5. The number of nitrogens with zero attached hydrogens (tertiary/aromatic N) is 2. The van der Waals surface area contributed by atoms with Crippen LogP contribution in [0.4, 0.5) is 0 Å². The average Bonchev–Trinajstić information content (AvgIpc) is 2.76. The van der Waals surface area contributed by atoms with Crippen molar-refractivity contribution in [2.45, 2.75) is 26.9 Å². The molecule has 108 valence electrons. The largest absolute Gasteiger partial charge is 0.508 e. The molecular formula is C14H18N2O4. The molecule has 0 saturated carbocycles. The van der Waals surface area contributed by atoms with Gasteiger partial charge >= 0.3 is 0 Å². The fourth-order valence-corrected chi connectivity index (χ4v) is 2.02. The Bertz CT molecular complexity index is 581. The molecular weight excluding hydrogens is 260 g/mol. The second kappa shape index (κ2) is 5.13. The Morgan fingerprint density at radius 3 is 2.25 bits per heavy atom. The number of aromatic hydroxyl groups is 2. The number of hydrogen-bond acceptors (Lipinski definition) is 6. The van der Waals surface area contributed by atoms with Crippen molar-refractivity contribution in [3.05, 3.63) is 24.0 Å². The molecule has 6 heteroatoms. The third kappa shape index (κ3) is 2.91. The van der Waals surface area contributed by atoms with E-state index in [1.54, 1.807) is 7.11 Å². The molecule has 0 radical (unpaired) electrons. The summed E-state index contributed by atoms with van der Waals surface area (Å²) in [6.45, 7) is 6.03. The van der Waals surface area contributed by atoms with Crippen molar-refractivity contribution in [1.82, 2.24) is 10.1 Å². The van der Waals surface area contributed by atoms with Gasteiger partial charge in [-0.25, -0.2) is 0 Å². The maximum Gasteiger partial charge on any atom is 0.258 e. The third-order valence-electron chi connectivity index (χ3n) is 2.85. The Morgan fingerprint density at radius 1 is 1.15 bits per heavy atom. The summed E-state index contributed by atoms with van der Waals surface area (Å²) in [6, 6.07) is 4.11. The normalized spacial score (nSPS) is 13.4. The first-order chi connectivity index (χ1) is 9.31. The Hall–Kier alpha value is -2.08. The topological polar surface area (TPSA) is 88.6 Å². The minimum atomic E-state index is -0.314. The zero-order chi connectivity index (χ0) is 14.9. The van der Waals surface area contributed by atoms with Gasteiger partial charge in [-0.1, -0.05) is 25.9 Å². The number of phenols is 2. The van der Waals surface area contributed by atoms with E-state index in [1.807, 2.05) is 20.8 Å². The summed E-state index contributed by atoms with van der Waals surface area (Å²) in [5, 5.41) is 22.9. The number of methoxy groups -OCH3 is 1. The minimum absolute atomic E-state index is 0.0705. The van der Waals surface area contributed by atoms with Crippen LogP contribution in [0.5, 0.6) is 11.5 Å². The monoisotopic (exact) mass is 278 g/mol. The number of ether oxygens (including phenoxy) is 1. The Labute approximate surface area is 117 Å². The zero-order valence-electron chi connectivity index (χ0n) is 11.9. The molecule has 2 N–H and O–H groups in total. The summed E-state index contributed by atoms with van der Waals surface area (Å²) in [6.07, 6.45) is -0.314. The lowest BCUT2D eigenvalue weighted by molar-refractivity contribution is 0.00718. The van der Waals surface area contributed by atoms with Crippen molar-refractivity contribution in [2.24, 2.45) is 5.41 Å². The van der Waals surface area contributed by atoms with E-state index < -0.39 is 0 Å². The maximum absolute atomic E-state index is 9.47. The molecule has 20 heavy (non-hydrogen) atoms. The van der Waals surface area contributed by atoms with E-state index in [0.29, 0.717) is 11.4 Å². The first-order valence-electron chi connectivity index (χ1n) is 6.21. The molecule has 1 unspecified atom stereocenters. The number of hydrogen-bond donors (Lipinski definition) is 2. The second-order valence-corrected chi connectivity index (χ2v) is 5.68. The summed E-state index contributed by atoms with van der Waals surface area (Å²) in [5.41, 5.74) is 0.265. The van der Waals surface area contributed by atoms with Gasteiger partial charge in [0, 0.05) is 18.7 Å². The van der Waals surface area contributed by atoms with Gasteiger partial charge in [0.05, 0.1) is 0 Å². The molecule has 1 aromatic carbocycles. The minimum Gasteiger partial charge on any atom is -0.508 e. The van der Waals surface area contributed by atoms with Crippen molar-refractivity contribution >= 4 is 0 Å². The average molecular weight is 278 g/mol. The standard InChI is InChI=1S/C14H18N2O4/c1-14(2,3)11(19-4)12-15-13(20-16-12)8-5-9(17)7-10(18)6-8/h5-7,11,17-18H,1-4H3. The van der Waals surface area contributed by atoms with Gasteiger partial charge in [-0.05, 0) is 17.5 Å². The van der Waals surface area contributed by atoms with Crippen LogP contribution in [0, 0.1) is 5.41 Å². The second-order valence-electron chi connectivity index (χ2n) is 5.68. The number of rotatable bonds is 3. The summed E-state index contributed by atoms with van der Waals surface area (Å²) < 4.78 is 10.6. The highest BCUT2D eigenvalue weighted by Gasteiger charge is 2.30. The van der Waals surface area contributed by atoms with Crippen molar-refractivity contribution in [3.63, 3.8) is 0 Å². The summed E-state index contributed by atoms with van der Waals surface area (Å²) in [5.74, 6) is 0.507. The van der Waals surface area contributed by atoms with E-state index in [9.17, 15) is 10.2 Å². The Kier molecular flexibility index (Phi) is 3.67. The van der Waals surface area contributed by atoms with Gasteiger partial charge in [-0.15, -0.1) is 0 Å². The van der Waals surface area contributed by atoms with Crippen LogP contribution in [0.3, 0.4) is 0 Å².